The third kappa shape index (κ3) is 4.08. The number of anilines is 1. The molecule has 0 bridgehead atoms. The first kappa shape index (κ1) is 16.8. The molecule has 1 aromatic heterocycles. The summed E-state index contributed by atoms with van der Waals surface area (Å²) >= 11 is 10.8. The molecule has 0 saturated heterocycles. The molecule has 8 heteroatoms. The van der Waals surface area contributed by atoms with Crippen LogP contribution in [-0.4, -0.2) is 26.4 Å². The fraction of sp³-hybridized carbons (Fsp3) is 0.400. The summed E-state index contributed by atoms with van der Waals surface area (Å²) in [6, 6.07) is 5.36. The summed E-state index contributed by atoms with van der Waals surface area (Å²) in [5.41, 5.74) is 0.607. The van der Waals surface area contributed by atoms with Gasteiger partial charge >= 0.3 is 0 Å². The van der Waals surface area contributed by atoms with Gasteiger partial charge in [0.2, 0.25) is 5.91 Å². The summed E-state index contributed by atoms with van der Waals surface area (Å²) in [5.74, 6) is 1.76. The lowest BCUT2D eigenvalue weighted by Crippen LogP contribution is -2.15. The molecule has 3 rings (SSSR count). The van der Waals surface area contributed by atoms with Gasteiger partial charge in [0.1, 0.15) is 5.82 Å². The second-order valence-corrected chi connectivity index (χ2v) is 7.59. The first-order valence-electron chi connectivity index (χ1n) is 7.39. The normalized spacial score (nSPS) is 14.0. The van der Waals surface area contributed by atoms with E-state index in [-0.39, 0.29) is 11.7 Å². The molecule has 5 nitrogen and oxygen atoms in total. The fourth-order valence-electron chi connectivity index (χ4n) is 2.25. The number of nitrogens with one attached hydrogen (secondary N) is 1. The highest BCUT2D eigenvalue weighted by molar-refractivity contribution is 9.10. The van der Waals surface area contributed by atoms with Gasteiger partial charge in [0.25, 0.3) is 0 Å². The van der Waals surface area contributed by atoms with Crippen LogP contribution in [0.5, 0.6) is 0 Å². The molecule has 1 aromatic carbocycles. The Bertz CT molecular complexity index is 732. The van der Waals surface area contributed by atoms with Crippen LogP contribution >= 0.6 is 39.3 Å². The van der Waals surface area contributed by atoms with Crippen LogP contribution in [0.2, 0.25) is 5.02 Å². The minimum atomic E-state index is -0.113. The van der Waals surface area contributed by atoms with Gasteiger partial charge in [-0.15, -0.1) is 10.2 Å². The molecule has 0 radical (unpaired) electrons. The molecule has 122 valence electrons. The molecule has 2 aromatic rings. The van der Waals surface area contributed by atoms with Gasteiger partial charge < -0.3 is 9.88 Å². The Balaban J connectivity index is 1.60. The SMILES string of the molecule is CCn1c(SCC(=O)Nc2ccc(Br)cc2Cl)nnc1C1CC1. The molecule has 1 amide bonds. The molecule has 0 spiro atoms. The molecule has 1 heterocycles. The van der Waals surface area contributed by atoms with Gasteiger partial charge in [-0.05, 0) is 38.0 Å². The Kier molecular flexibility index (Phi) is 5.28. The summed E-state index contributed by atoms with van der Waals surface area (Å²) in [7, 11) is 0. The summed E-state index contributed by atoms with van der Waals surface area (Å²) < 4.78 is 2.97. The second kappa shape index (κ2) is 7.23. The number of nitrogens with zero attached hydrogens (tertiary/aromatic N) is 3. The predicted molar refractivity (Wildman–Crippen MR) is 96.2 cm³/mol. The average Bonchev–Trinajstić information content (AvgIpc) is 3.28. The second-order valence-electron chi connectivity index (χ2n) is 5.32. The van der Waals surface area contributed by atoms with Gasteiger partial charge in [-0.25, -0.2) is 0 Å². The van der Waals surface area contributed by atoms with E-state index in [2.05, 4.69) is 42.9 Å². The highest BCUT2D eigenvalue weighted by Gasteiger charge is 2.30. The molecule has 0 unspecified atom stereocenters. The minimum absolute atomic E-state index is 0.113. The molecule has 0 aliphatic heterocycles. The van der Waals surface area contributed by atoms with Crippen molar-refractivity contribution in [2.75, 3.05) is 11.1 Å². The fourth-order valence-corrected chi connectivity index (χ4v) is 3.78. The quantitative estimate of drug-likeness (QED) is 0.714. The molecule has 1 fully saturated rings. The van der Waals surface area contributed by atoms with Crippen LogP contribution < -0.4 is 5.32 Å². The number of benzene rings is 1. The van der Waals surface area contributed by atoms with Gasteiger partial charge in [-0.1, -0.05) is 39.3 Å². The number of thioether (sulfide) groups is 1. The van der Waals surface area contributed by atoms with Crippen molar-refractivity contribution in [1.82, 2.24) is 14.8 Å². The first-order valence-corrected chi connectivity index (χ1v) is 9.55. The van der Waals surface area contributed by atoms with E-state index in [1.54, 1.807) is 12.1 Å². The van der Waals surface area contributed by atoms with Crippen LogP contribution in [0.4, 0.5) is 5.69 Å². The predicted octanol–water partition coefficient (Wildman–Crippen LogP) is 4.32. The maximum atomic E-state index is 12.1. The molecule has 1 aliphatic rings. The van der Waals surface area contributed by atoms with Crippen molar-refractivity contribution in [2.24, 2.45) is 0 Å². The van der Waals surface area contributed by atoms with Crippen molar-refractivity contribution in [3.63, 3.8) is 0 Å². The molecule has 1 saturated carbocycles. The highest BCUT2D eigenvalue weighted by Crippen LogP contribution is 2.40. The Morgan fingerprint density at radius 1 is 1.48 bits per heavy atom. The largest absolute Gasteiger partial charge is 0.324 e. The van der Waals surface area contributed by atoms with Crippen LogP contribution in [0.25, 0.3) is 0 Å². The number of rotatable bonds is 6. The molecule has 1 aliphatic carbocycles. The van der Waals surface area contributed by atoms with E-state index < -0.39 is 0 Å². The zero-order chi connectivity index (χ0) is 16.4. The van der Waals surface area contributed by atoms with Crippen molar-refractivity contribution >= 4 is 50.9 Å². The molecular weight excluding hydrogens is 400 g/mol. The van der Waals surface area contributed by atoms with Gasteiger partial charge in [0, 0.05) is 16.9 Å². The lowest BCUT2D eigenvalue weighted by Gasteiger charge is -2.08. The Labute approximate surface area is 152 Å². The average molecular weight is 416 g/mol. The van der Waals surface area contributed by atoms with Crippen molar-refractivity contribution in [2.45, 2.75) is 37.4 Å². The number of hydrogen-bond donors (Lipinski definition) is 1. The number of halogens is 2. The van der Waals surface area contributed by atoms with Crippen molar-refractivity contribution < 1.29 is 4.79 Å². The van der Waals surface area contributed by atoms with E-state index >= 15 is 0 Å². The number of hydrogen-bond acceptors (Lipinski definition) is 4. The number of aromatic nitrogens is 3. The monoisotopic (exact) mass is 414 g/mol. The van der Waals surface area contributed by atoms with E-state index in [4.69, 9.17) is 11.6 Å². The Morgan fingerprint density at radius 3 is 2.91 bits per heavy atom. The zero-order valence-electron chi connectivity index (χ0n) is 12.6. The van der Waals surface area contributed by atoms with Crippen LogP contribution in [-0.2, 0) is 11.3 Å². The van der Waals surface area contributed by atoms with Crippen molar-refractivity contribution in [3.8, 4) is 0 Å². The van der Waals surface area contributed by atoms with E-state index in [0.717, 1.165) is 22.0 Å². The number of amides is 1. The van der Waals surface area contributed by atoms with Gasteiger partial charge in [0.05, 0.1) is 16.5 Å². The van der Waals surface area contributed by atoms with E-state index in [9.17, 15) is 4.79 Å². The van der Waals surface area contributed by atoms with E-state index in [1.165, 1.54) is 24.6 Å². The first-order chi connectivity index (χ1) is 11.1. The Hall–Kier alpha value is -1.05. The standard InChI is InChI=1S/C15H16BrClN4OS/c1-2-21-14(9-3-4-9)19-20-15(21)23-8-13(22)18-12-6-5-10(16)7-11(12)17/h5-7,9H,2-4,8H2,1H3,(H,18,22). The summed E-state index contributed by atoms with van der Waals surface area (Å²) in [5, 5.41) is 12.6. The molecule has 23 heavy (non-hydrogen) atoms. The zero-order valence-corrected chi connectivity index (χ0v) is 15.7. The molecule has 0 atom stereocenters. The van der Waals surface area contributed by atoms with Crippen molar-refractivity contribution in [1.29, 1.82) is 0 Å². The summed E-state index contributed by atoms with van der Waals surface area (Å²) in [4.78, 5) is 12.1. The van der Waals surface area contributed by atoms with Gasteiger partial charge in [-0.3, -0.25) is 4.79 Å². The topological polar surface area (TPSA) is 59.8 Å². The maximum absolute atomic E-state index is 12.1. The number of carbonyl (C=O) groups is 1. The van der Waals surface area contributed by atoms with Gasteiger partial charge in [0.15, 0.2) is 5.16 Å². The lowest BCUT2D eigenvalue weighted by molar-refractivity contribution is -0.113. The third-order valence-electron chi connectivity index (χ3n) is 3.54. The molecule has 1 N–H and O–H groups in total. The highest BCUT2D eigenvalue weighted by atomic mass is 79.9. The maximum Gasteiger partial charge on any atom is 0.234 e. The third-order valence-corrected chi connectivity index (χ3v) is 5.31. The smallest absolute Gasteiger partial charge is 0.234 e. The minimum Gasteiger partial charge on any atom is -0.324 e. The van der Waals surface area contributed by atoms with Crippen LogP contribution in [0.1, 0.15) is 31.5 Å². The lowest BCUT2D eigenvalue weighted by atomic mass is 10.3. The summed E-state index contributed by atoms with van der Waals surface area (Å²) in [6.45, 7) is 2.89. The van der Waals surface area contributed by atoms with Gasteiger partial charge in [-0.2, -0.15) is 0 Å². The number of carbonyl (C=O) groups excluding carboxylic acids is 1. The van der Waals surface area contributed by atoms with Crippen LogP contribution in [0.15, 0.2) is 27.8 Å². The van der Waals surface area contributed by atoms with E-state index in [1.807, 2.05) is 6.07 Å². The summed E-state index contributed by atoms with van der Waals surface area (Å²) in [6.07, 6.45) is 2.37. The van der Waals surface area contributed by atoms with E-state index in [0.29, 0.717) is 16.6 Å². The van der Waals surface area contributed by atoms with Crippen LogP contribution in [0, 0.1) is 0 Å². The Morgan fingerprint density at radius 2 is 2.26 bits per heavy atom. The molecular formula is C15H16BrClN4OS. The van der Waals surface area contributed by atoms with Crippen molar-refractivity contribution in [3.05, 3.63) is 33.5 Å². The van der Waals surface area contributed by atoms with Crippen LogP contribution in [0.3, 0.4) is 0 Å².